The van der Waals surface area contributed by atoms with Gasteiger partial charge in [0.2, 0.25) is 11.8 Å². The second-order valence-electron chi connectivity index (χ2n) is 1.47. The molecule has 1 N–H and O–H groups in total. The largest absolute Gasteiger partial charge is 0.296 e. The first-order chi connectivity index (χ1) is 3.29. The fourth-order valence-corrected chi connectivity index (χ4v) is 0.508. The van der Waals surface area contributed by atoms with Crippen LogP contribution in [0, 0.1) is 0 Å². The highest BCUT2D eigenvalue weighted by molar-refractivity contribution is 6.01. The fourth-order valence-electron chi connectivity index (χ4n) is 0.508. The number of imide groups is 1. The molecule has 0 saturated carbocycles. The highest BCUT2D eigenvalue weighted by Crippen LogP contribution is 1.95. The molecule has 43 valence electrons. The van der Waals surface area contributed by atoms with Gasteiger partial charge >= 0.3 is 0 Å². The minimum absolute atomic E-state index is 0. The molecule has 3 radical (unpaired) electrons. The van der Waals surface area contributed by atoms with Crippen molar-refractivity contribution in [3.63, 3.8) is 0 Å². The van der Waals surface area contributed by atoms with Crippen LogP contribution in [0.1, 0.15) is 12.8 Å². The lowest BCUT2D eigenvalue weighted by Gasteiger charge is -1.79. The van der Waals surface area contributed by atoms with Gasteiger partial charge in [0.25, 0.3) is 0 Å². The van der Waals surface area contributed by atoms with Gasteiger partial charge in [-0.2, -0.15) is 0 Å². The van der Waals surface area contributed by atoms with E-state index in [-0.39, 0.29) is 18.0 Å². The molecule has 0 aromatic heterocycles. The van der Waals surface area contributed by atoms with Crippen LogP contribution in [0.3, 0.4) is 0 Å². The van der Waals surface area contributed by atoms with E-state index < -0.39 is 0 Å². The van der Waals surface area contributed by atoms with Gasteiger partial charge in [0.1, 0.15) is 0 Å². The third-order valence-corrected chi connectivity index (χ3v) is 0.858. The van der Waals surface area contributed by atoms with Crippen molar-refractivity contribution in [2.75, 3.05) is 0 Å². The molecule has 4 nitrogen and oxygen atoms in total. The van der Waals surface area contributed by atoms with Gasteiger partial charge in [-0.1, -0.05) is 0 Å². The molecule has 1 fully saturated rings. The molecule has 0 aliphatic carbocycles. The summed E-state index contributed by atoms with van der Waals surface area (Å²) >= 11 is 0. The number of carbonyl (C=O) groups excluding carboxylic acids is 2. The summed E-state index contributed by atoms with van der Waals surface area (Å²) in [5.41, 5.74) is 0. The summed E-state index contributed by atoms with van der Waals surface area (Å²) in [5.74, 6) is -0.296. The lowest BCUT2D eigenvalue weighted by molar-refractivity contribution is -0.124. The van der Waals surface area contributed by atoms with E-state index in [1.807, 2.05) is 0 Å². The predicted molar refractivity (Wildman–Crippen MR) is 24.5 cm³/mol. The van der Waals surface area contributed by atoms with Crippen LogP contribution < -0.4 is 11.5 Å². The lowest BCUT2D eigenvalue weighted by atomic mass is 10.4. The molecule has 8 heavy (non-hydrogen) atoms. The van der Waals surface area contributed by atoms with Crippen LogP contribution in [0.4, 0.5) is 0 Å². The maximum Gasteiger partial charge on any atom is 0.227 e. The monoisotopic (exact) mass is 113 g/mol. The molecule has 4 heteroatoms. The summed E-state index contributed by atoms with van der Waals surface area (Å²) in [6.07, 6.45) is 0.748. The summed E-state index contributed by atoms with van der Waals surface area (Å²) in [6, 6.07) is 0. The minimum atomic E-state index is -0.148. The standard InChI is InChI=1S/C4H5NO2.N/c6-3-1-2-4(7)5-3;/h1-2H2,(H,5,6,7);. The van der Waals surface area contributed by atoms with E-state index in [4.69, 9.17) is 0 Å². The molecule has 1 saturated heterocycles. The molecule has 0 atom stereocenters. The Morgan fingerprint density at radius 2 is 1.50 bits per heavy atom. The van der Waals surface area contributed by atoms with E-state index in [9.17, 15) is 9.59 Å². The first-order valence-corrected chi connectivity index (χ1v) is 2.12. The zero-order valence-electron chi connectivity index (χ0n) is 4.18. The summed E-state index contributed by atoms with van der Waals surface area (Å²) < 4.78 is 0. The number of nitrogens with zero attached hydrogens (tertiary/aromatic N) is 1. The van der Waals surface area contributed by atoms with Gasteiger partial charge in [-0.25, -0.2) is 0 Å². The Bertz CT molecular complexity index is 107. The number of hydrogen-bond donors (Lipinski definition) is 1. The highest BCUT2D eigenvalue weighted by atomic mass is 16.2. The van der Waals surface area contributed by atoms with Gasteiger partial charge in [0.15, 0.2) is 0 Å². The van der Waals surface area contributed by atoms with Gasteiger partial charge < -0.3 is 0 Å². The first kappa shape index (κ1) is 7.10. The number of amides is 2. The maximum absolute atomic E-state index is 10.1. The molecule has 0 bridgehead atoms. The van der Waals surface area contributed by atoms with Gasteiger partial charge in [0.05, 0.1) is 0 Å². The van der Waals surface area contributed by atoms with Crippen molar-refractivity contribution in [3.8, 4) is 0 Å². The highest BCUT2D eigenvalue weighted by Gasteiger charge is 2.15. The topological polar surface area (TPSA) is 76.7 Å². The quantitative estimate of drug-likeness (QED) is 0.406. The molecule has 1 rings (SSSR count). The first-order valence-electron chi connectivity index (χ1n) is 2.12. The van der Waals surface area contributed by atoms with Crippen LogP contribution in [-0.4, -0.2) is 11.8 Å². The van der Waals surface area contributed by atoms with E-state index in [0.29, 0.717) is 12.8 Å². The number of hydrogen-bond acceptors (Lipinski definition) is 2. The number of nitrogens with one attached hydrogen (secondary N) is 1. The molecule has 1 heterocycles. The Labute approximate surface area is 46.8 Å². The van der Waals surface area contributed by atoms with Crippen LogP contribution in [-0.2, 0) is 9.59 Å². The predicted octanol–water partition coefficient (Wildman–Crippen LogP) is -1.06. The van der Waals surface area contributed by atoms with E-state index in [1.165, 1.54) is 0 Å². The smallest absolute Gasteiger partial charge is 0.227 e. The maximum atomic E-state index is 10.1. The normalized spacial score (nSPS) is 17.5. The van der Waals surface area contributed by atoms with Gasteiger partial charge in [-0.15, -0.1) is 0 Å². The Morgan fingerprint density at radius 1 is 1.12 bits per heavy atom. The zero-order valence-corrected chi connectivity index (χ0v) is 4.18. The van der Waals surface area contributed by atoms with Crippen molar-refractivity contribution in [3.05, 3.63) is 0 Å². The summed E-state index contributed by atoms with van der Waals surface area (Å²) in [7, 11) is 0. The van der Waals surface area contributed by atoms with Crippen LogP contribution >= 0.6 is 0 Å². The summed E-state index contributed by atoms with van der Waals surface area (Å²) in [4.78, 5) is 20.2. The number of carbonyl (C=O) groups is 2. The third kappa shape index (κ3) is 1.31. The second-order valence-corrected chi connectivity index (χ2v) is 1.47. The van der Waals surface area contributed by atoms with Crippen molar-refractivity contribution in [2.24, 2.45) is 0 Å². The molecule has 0 aromatic carbocycles. The molecule has 1 aliphatic heterocycles. The Hall–Kier alpha value is -0.900. The average molecular weight is 113 g/mol. The van der Waals surface area contributed by atoms with Crippen molar-refractivity contribution in [1.29, 1.82) is 0 Å². The average Bonchev–Trinajstić information content (AvgIpc) is 1.87. The van der Waals surface area contributed by atoms with Crippen LogP contribution in [0.2, 0.25) is 0 Å². The van der Waals surface area contributed by atoms with E-state index in [2.05, 4.69) is 5.32 Å². The van der Waals surface area contributed by atoms with Crippen molar-refractivity contribution < 1.29 is 9.59 Å². The van der Waals surface area contributed by atoms with Crippen molar-refractivity contribution in [1.82, 2.24) is 11.5 Å². The van der Waals surface area contributed by atoms with E-state index in [0.717, 1.165) is 0 Å². The lowest BCUT2D eigenvalue weighted by Crippen LogP contribution is -2.18. The van der Waals surface area contributed by atoms with Gasteiger partial charge in [-0.3, -0.25) is 14.9 Å². The van der Waals surface area contributed by atoms with Crippen LogP contribution in [0.5, 0.6) is 0 Å². The van der Waals surface area contributed by atoms with Gasteiger partial charge in [0, 0.05) is 19.0 Å². The minimum Gasteiger partial charge on any atom is -0.296 e. The number of rotatable bonds is 0. The van der Waals surface area contributed by atoms with Crippen LogP contribution in [0.15, 0.2) is 0 Å². The van der Waals surface area contributed by atoms with Gasteiger partial charge in [-0.05, 0) is 0 Å². The molecular formula is C4H5N2O2. The Balaban J connectivity index is 0.000000490. The molecule has 1 aliphatic rings. The van der Waals surface area contributed by atoms with Crippen LogP contribution in [0.25, 0.3) is 0 Å². The molecular weight excluding hydrogens is 108 g/mol. The second kappa shape index (κ2) is 2.42. The third-order valence-electron chi connectivity index (χ3n) is 0.858. The molecule has 2 amide bonds. The van der Waals surface area contributed by atoms with Crippen molar-refractivity contribution in [2.45, 2.75) is 12.8 Å². The van der Waals surface area contributed by atoms with Crippen molar-refractivity contribution >= 4 is 11.8 Å². The molecule has 0 unspecified atom stereocenters. The van der Waals surface area contributed by atoms with E-state index >= 15 is 0 Å². The SMILES string of the molecule is O=C1CCC(=O)N1.[N]. The fraction of sp³-hybridized carbons (Fsp3) is 0.500. The molecule has 0 aromatic rings. The summed E-state index contributed by atoms with van der Waals surface area (Å²) in [6.45, 7) is 0. The summed E-state index contributed by atoms with van der Waals surface area (Å²) in [5, 5.41) is 2.14. The zero-order chi connectivity index (χ0) is 5.28. The van der Waals surface area contributed by atoms with E-state index in [1.54, 1.807) is 0 Å². The molecule has 0 spiro atoms. The Kier molecular flexibility index (Phi) is 2.15. The Morgan fingerprint density at radius 3 is 1.62 bits per heavy atom.